The maximum Gasteiger partial charge on any atom is 0.238 e. The summed E-state index contributed by atoms with van der Waals surface area (Å²) in [5.74, 6) is 0.0629. The van der Waals surface area contributed by atoms with Gasteiger partial charge in [0.15, 0.2) is 0 Å². The monoisotopic (exact) mass is 379 g/mol. The average Bonchev–Trinajstić information content (AvgIpc) is 2.63. The summed E-state index contributed by atoms with van der Waals surface area (Å²) in [4.78, 5) is 26.9. The largest absolute Gasteiger partial charge is 0.326 e. The van der Waals surface area contributed by atoms with Gasteiger partial charge in [0.1, 0.15) is 0 Å². The molecule has 1 heterocycles. The van der Waals surface area contributed by atoms with Crippen molar-refractivity contribution in [2.75, 3.05) is 30.3 Å². The molecule has 1 saturated heterocycles. The minimum atomic E-state index is -0.0120. The molecule has 2 amide bonds. The molecule has 0 atom stereocenters. The Balaban J connectivity index is 1.45. The van der Waals surface area contributed by atoms with Crippen molar-refractivity contribution in [3.8, 4) is 0 Å². The first-order valence-electron chi connectivity index (χ1n) is 9.87. The van der Waals surface area contributed by atoms with E-state index < -0.39 is 0 Å². The van der Waals surface area contributed by atoms with Crippen LogP contribution in [0.2, 0.25) is 0 Å². The maximum absolute atomic E-state index is 12.6. The van der Waals surface area contributed by atoms with Crippen molar-refractivity contribution >= 4 is 23.2 Å². The van der Waals surface area contributed by atoms with Crippen molar-refractivity contribution in [1.29, 1.82) is 0 Å². The number of piperidine rings is 1. The van der Waals surface area contributed by atoms with Gasteiger partial charge in [0.25, 0.3) is 0 Å². The normalized spacial score (nSPS) is 15.2. The number of likely N-dealkylation sites (tertiary alicyclic amines) is 1. The molecule has 1 aliphatic rings. The predicted molar refractivity (Wildman–Crippen MR) is 114 cm³/mol. The Bertz CT molecular complexity index is 817. The molecular weight excluding hydrogens is 350 g/mol. The number of hydrogen-bond donors (Lipinski definition) is 2. The van der Waals surface area contributed by atoms with Crippen molar-refractivity contribution in [3.05, 3.63) is 59.2 Å². The summed E-state index contributed by atoms with van der Waals surface area (Å²) in [6.07, 6.45) is 1.54. The summed E-state index contributed by atoms with van der Waals surface area (Å²) < 4.78 is 0. The molecule has 0 saturated carbocycles. The van der Waals surface area contributed by atoms with Gasteiger partial charge in [-0.1, -0.05) is 23.8 Å². The van der Waals surface area contributed by atoms with E-state index in [1.54, 1.807) is 0 Å². The van der Waals surface area contributed by atoms with Crippen molar-refractivity contribution in [1.82, 2.24) is 4.90 Å². The van der Waals surface area contributed by atoms with Gasteiger partial charge in [-0.05, 0) is 82.1 Å². The van der Waals surface area contributed by atoms with Crippen LogP contribution in [0.1, 0.15) is 29.5 Å². The molecule has 5 nitrogen and oxygen atoms in total. The van der Waals surface area contributed by atoms with E-state index >= 15 is 0 Å². The highest BCUT2D eigenvalue weighted by molar-refractivity contribution is 5.93. The lowest BCUT2D eigenvalue weighted by Crippen LogP contribution is -2.41. The Morgan fingerprint density at radius 3 is 2.07 bits per heavy atom. The maximum atomic E-state index is 12.6. The smallest absolute Gasteiger partial charge is 0.238 e. The number of rotatable bonds is 5. The zero-order chi connectivity index (χ0) is 20.1. The van der Waals surface area contributed by atoms with Crippen LogP contribution in [0, 0.1) is 26.7 Å². The highest BCUT2D eigenvalue weighted by Crippen LogP contribution is 2.21. The van der Waals surface area contributed by atoms with E-state index in [1.165, 1.54) is 5.56 Å². The minimum absolute atomic E-state index is 0.00257. The fourth-order valence-corrected chi connectivity index (χ4v) is 3.68. The van der Waals surface area contributed by atoms with Gasteiger partial charge >= 0.3 is 0 Å². The SMILES string of the molecule is Cc1ccc(NC(=O)CN2CCC(C(=O)Nc3cc(C)cc(C)c3)CC2)cc1. The number of benzene rings is 2. The highest BCUT2D eigenvalue weighted by Gasteiger charge is 2.26. The summed E-state index contributed by atoms with van der Waals surface area (Å²) in [7, 11) is 0. The molecule has 2 aromatic rings. The molecule has 148 valence electrons. The van der Waals surface area contributed by atoms with E-state index in [1.807, 2.05) is 57.2 Å². The van der Waals surface area contributed by atoms with E-state index in [2.05, 4.69) is 21.6 Å². The van der Waals surface area contributed by atoms with E-state index in [9.17, 15) is 9.59 Å². The number of anilines is 2. The summed E-state index contributed by atoms with van der Waals surface area (Å²) in [5, 5.41) is 5.98. The zero-order valence-electron chi connectivity index (χ0n) is 16.9. The first kappa shape index (κ1) is 20.1. The third-order valence-corrected chi connectivity index (χ3v) is 5.15. The third kappa shape index (κ3) is 5.67. The summed E-state index contributed by atoms with van der Waals surface area (Å²) in [6.45, 7) is 7.95. The molecule has 5 heteroatoms. The molecule has 2 N–H and O–H groups in total. The molecule has 0 aromatic heterocycles. The van der Waals surface area contributed by atoms with Crippen LogP contribution in [-0.4, -0.2) is 36.3 Å². The van der Waals surface area contributed by atoms with Crippen LogP contribution in [0.15, 0.2) is 42.5 Å². The summed E-state index contributed by atoms with van der Waals surface area (Å²) in [5.41, 5.74) is 5.13. The second-order valence-corrected chi connectivity index (χ2v) is 7.83. The van der Waals surface area contributed by atoms with Crippen molar-refractivity contribution < 1.29 is 9.59 Å². The van der Waals surface area contributed by atoms with Crippen LogP contribution in [0.25, 0.3) is 0 Å². The number of aryl methyl sites for hydroxylation is 3. The van der Waals surface area contributed by atoms with Gasteiger partial charge in [0.2, 0.25) is 11.8 Å². The minimum Gasteiger partial charge on any atom is -0.326 e. The average molecular weight is 380 g/mol. The van der Waals surface area contributed by atoms with Crippen LogP contribution in [-0.2, 0) is 9.59 Å². The number of nitrogens with zero attached hydrogens (tertiary/aromatic N) is 1. The van der Waals surface area contributed by atoms with Gasteiger partial charge in [0, 0.05) is 17.3 Å². The first-order chi connectivity index (χ1) is 13.4. The van der Waals surface area contributed by atoms with Gasteiger partial charge in [-0.25, -0.2) is 0 Å². The summed E-state index contributed by atoms with van der Waals surface area (Å²) in [6, 6.07) is 13.9. The van der Waals surface area contributed by atoms with E-state index in [4.69, 9.17) is 0 Å². The quantitative estimate of drug-likeness (QED) is 0.828. The molecule has 2 aromatic carbocycles. The number of carbonyl (C=O) groups is 2. The second-order valence-electron chi connectivity index (χ2n) is 7.83. The number of nitrogens with one attached hydrogen (secondary N) is 2. The molecule has 1 fully saturated rings. The Morgan fingerprint density at radius 1 is 0.857 bits per heavy atom. The van der Waals surface area contributed by atoms with Crippen molar-refractivity contribution in [3.63, 3.8) is 0 Å². The summed E-state index contributed by atoms with van der Waals surface area (Å²) >= 11 is 0. The highest BCUT2D eigenvalue weighted by atomic mass is 16.2. The van der Waals surface area contributed by atoms with Gasteiger partial charge in [0.05, 0.1) is 6.54 Å². The molecule has 0 spiro atoms. The van der Waals surface area contributed by atoms with E-state index in [0.29, 0.717) is 6.54 Å². The van der Waals surface area contributed by atoms with Crippen LogP contribution in [0.4, 0.5) is 11.4 Å². The Morgan fingerprint density at radius 2 is 1.46 bits per heavy atom. The van der Waals surface area contributed by atoms with Gasteiger partial charge < -0.3 is 10.6 Å². The molecule has 1 aliphatic heterocycles. The first-order valence-corrected chi connectivity index (χ1v) is 9.87. The van der Waals surface area contributed by atoms with Crippen LogP contribution in [0.5, 0.6) is 0 Å². The Hall–Kier alpha value is -2.66. The lowest BCUT2D eigenvalue weighted by Gasteiger charge is -2.30. The fourth-order valence-electron chi connectivity index (χ4n) is 3.68. The molecule has 28 heavy (non-hydrogen) atoms. The molecule has 3 rings (SSSR count). The zero-order valence-corrected chi connectivity index (χ0v) is 16.9. The molecular formula is C23H29N3O2. The predicted octanol–water partition coefficient (Wildman–Crippen LogP) is 3.90. The van der Waals surface area contributed by atoms with E-state index in [-0.39, 0.29) is 17.7 Å². The topological polar surface area (TPSA) is 61.4 Å². The van der Waals surface area contributed by atoms with Crippen LogP contribution >= 0.6 is 0 Å². The van der Waals surface area contributed by atoms with Gasteiger partial charge in [-0.2, -0.15) is 0 Å². The second kappa shape index (κ2) is 9.02. The van der Waals surface area contributed by atoms with Crippen LogP contribution in [0.3, 0.4) is 0 Å². The molecule has 0 radical (unpaired) electrons. The molecule has 0 unspecified atom stereocenters. The molecule has 0 bridgehead atoms. The Labute approximate surface area is 167 Å². The van der Waals surface area contributed by atoms with Crippen molar-refractivity contribution in [2.24, 2.45) is 5.92 Å². The number of hydrogen-bond acceptors (Lipinski definition) is 3. The third-order valence-electron chi connectivity index (χ3n) is 5.15. The van der Waals surface area contributed by atoms with Gasteiger partial charge in [-0.3, -0.25) is 14.5 Å². The lowest BCUT2D eigenvalue weighted by molar-refractivity contribution is -0.121. The number of amides is 2. The van der Waals surface area contributed by atoms with Gasteiger partial charge in [-0.15, -0.1) is 0 Å². The van der Waals surface area contributed by atoms with Crippen molar-refractivity contribution in [2.45, 2.75) is 33.6 Å². The van der Waals surface area contributed by atoms with Crippen LogP contribution < -0.4 is 10.6 Å². The lowest BCUT2D eigenvalue weighted by atomic mass is 9.95. The Kier molecular flexibility index (Phi) is 6.47. The fraction of sp³-hybridized carbons (Fsp3) is 0.391. The molecule has 0 aliphatic carbocycles. The van der Waals surface area contributed by atoms with E-state index in [0.717, 1.165) is 48.4 Å². The number of carbonyl (C=O) groups excluding carboxylic acids is 2. The standard InChI is InChI=1S/C23H29N3O2/c1-16-4-6-20(7-5-16)24-22(27)15-26-10-8-19(9-11-26)23(28)25-21-13-17(2)12-18(3)14-21/h4-7,12-14,19H,8-11,15H2,1-3H3,(H,24,27)(H,25,28).